The van der Waals surface area contributed by atoms with Crippen LogP contribution in [0, 0.1) is 0 Å². The summed E-state index contributed by atoms with van der Waals surface area (Å²) < 4.78 is 0. The van der Waals surface area contributed by atoms with Crippen molar-refractivity contribution in [2.24, 2.45) is 0 Å². The van der Waals surface area contributed by atoms with Gasteiger partial charge in [-0.25, -0.2) is 0 Å². The molecule has 0 saturated heterocycles. The molecule has 0 atom stereocenters. The van der Waals surface area contributed by atoms with Crippen molar-refractivity contribution in [2.75, 3.05) is 0 Å². The van der Waals surface area contributed by atoms with Gasteiger partial charge < -0.3 is 0 Å². The Kier molecular flexibility index (Phi) is 8.59. The molecule has 0 radical (unpaired) electrons. The summed E-state index contributed by atoms with van der Waals surface area (Å²) in [5.74, 6) is 0. The minimum Gasteiger partial charge on any atom is -0.269 e. The summed E-state index contributed by atoms with van der Waals surface area (Å²) in [6, 6.07) is 13.0. The van der Waals surface area contributed by atoms with Crippen molar-refractivity contribution in [1.29, 1.82) is 0 Å². The van der Waals surface area contributed by atoms with Gasteiger partial charge in [-0.3, -0.25) is 9.41 Å². The van der Waals surface area contributed by atoms with Crippen LogP contribution < -0.4 is 0 Å². The molecule has 15 heavy (non-hydrogen) atoms. The minimum absolute atomic E-state index is 0. The average Bonchev–Trinajstić information content (AvgIpc) is 2.50. The van der Waals surface area contributed by atoms with E-state index in [2.05, 4.69) is 43.3 Å². The summed E-state index contributed by atoms with van der Waals surface area (Å²) >= 11 is 0. The normalized spacial score (nSPS) is 8.60. The van der Waals surface area contributed by atoms with Gasteiger partial charge in [0.05, 0.1) is 0 Å². The number of hydrogen-bond acceptors (Lipinski definition) is 0. The molecule has 0 spiro atoms. The van der Waals surface area contributed by atoms with E-state index in [-0.39, 0.29) is 31.1 Å². The van der Waals surface area contributed by atoms with Crippen molar-refractivity contribution in [3.05, 3.63) is 42.0 Å². The summed E-state index contributed by atoms with van der Waals surface area (Å²) in [7, 11) is 0. The van der Waals surface area contributed by atoms with Crippen LogP contribution in [0.3, 0.4) is 0 Å². The maximum Gasteiger partial charge on any atom is 0 e. The summed E-state index contributed by atoms with van der Waals surface area (Å²) in [4.78, 5) is 0. The van der Waals surface area contributed by atoms with Crippen molar-refractivity contribution in [1.82, 2.24) is 0 Å². The Morgan fingerprint density at radius 3 is 2.40 bits per heavy atom. The molecule has 0 saturated carbocycles. The molecule has 2 rings (SSSR count). The van der Waals surface area contributed by atoms with Gasteiger partial charge >= 0.3 is 0 Å². The van der Waals surface area contributed by atoms with Crippen LogP contribution in [-0.2, 0) is 28.1 Å². The first kappa shape index (κ1) is 16.8. The Balaban J connectivity index is 0. The third-order valence-corrected chi connectivity index (χ3v) is 2.29. The van der Waals surface area contributed by atoms with Crippen LogP contribution >= 0.6 is 0 Å². The van der Waals surface area contributed by atoms with E-state index < -0.39 is 0 Å². The molecule has 0 aromatic heterocycles. The first-order valence-corrected chi connectivity index (χ1v) is 4.55. The van der Waals surface area contributed by atoms with Crippen molar-refractivity contribution < 1.29 is 31.1 Å². The SMILES string of the molecule is CCC[c-]1ccc2ccccc21.F.F.[Ti]. The monoisotopic (exact) mass is 245 g/mol. The first-order chi connectivity index (χ1) is 5.92. The molecular formula is C12H15F2Ti-. The second-order valence-electron chi connectivity index (χ2n) is 3.20. The predicted octanol–water partition coefficient (Wildman–Crippen LogP) is 3.81. The van der Waals surface area contributed by atoms with E-state index in [0.29, 0.717) is 0 Å². The minimum atomic E-state index is 0. The predicted molar refractivity (Wildman–Crippen MR) is 58.5 cm³/mol. The summed E-state index contributed by atoms with van der Waals surface area (Å²) in [5.41, 5.74) is 1.49. The Morgan fingerprint density at radius 2 is 1.73 bits per heavy atom. The van der Waals surface area contributed by atoms with E-state index in [0.717, 1.165) is 0 Å². The molecular weight excluding hydrogens is 230 g/mol. The van der Waals surface area contributed by atoms with Gasteiger partial charge in [0.2, 0.25) is 0 Å². The number of aryl methyl sites for hydroxylation is 1. The van der Waals surface area contributed by atoms with Crippen LogP contribution in [0.15, 0.2) is 36.4 Å². The van der Waals surface area contributed by atoms with Gasteiger partial charge in [-0.05, 0) is 0 Å². The van der Waals surface area contributed by atoms with Gasteiger partial charge in [0.25, 0.3) is 0 Å². The number of halogens is 2. The molecule has 2 aromatic carbocycles. The Hall–Kier alpha value is -0.596. The zero-order valence-corrected chi connectivity index (χ0v) is 10.3. The van der Waals surface area contributed by atoms with Crippen LogP contribution in [0.2, 0.25) is 0 Å². The summed E-state index contributed by atoms with van der Waals surface area (Å²) in [6.45, 7) is 2.22. The molecule has 2 aromatic rings. The van der Waals surface area contributed by atoms with Crippen LogP contribution in [0.25, 0.3) is 10.8 Å². The fourth-order valence-electron chi connectivity index (χ4n) is 1.70. The quantitative estimate of drug-likeness (QED) is 0.557. The maximum atomic E-state index is 2.24. The van der Waals surface area contributed by atoms with E-state index in [1.807, 2.05) is 0 Å². The Bertz CT molecular complexity index is 382. The molecule has 0 unspecified atom stereocenters. The topological polar surface area (TPSA) is 0 Å². The average molecular weight is 245 g/mol. The van der Waals surface area contributed by atoms with Gasteiger partial charge in [0.1, 0.15) is 0 Å². The van der Waals surface area contributed by atoms with Crippen molar-refractivity contribution in [3.8, 4) is 0 Å². The number of fused-ring (bicyclic) bond motifs is 1. The van der Waals surface area contributed by atoms with Crippen LogP contribution in [0.5, 0.6) is 0 Å². The molecule has 0 bridgehead atoms. The number of hydrogen-bond donors (Lipinski definition) is 0. The molecule has 3 heteroatoms. The summed E-state index contributed by atoms with van der Waals surface area (Å²) in [6.07, 6.45) is 2.43. The van der Waals surface area contributed by atoms with E-state index in [1.54, 1.807) is 0 Å². The Labute approximate surface area is 104 Å². The Morgan fingerprint density at radius 1 is 1.07 bits per heavy atom. The number of rotatable bonds is 2. The van der Waals surface area contributed by atoms with E-state index in [1.165, 1.54) is 29.2 Å². The zero-order chi connectivity index (χ0) is 8.39. The summed E-state index contributed by atoms with van der Waals surface area (Å²) in [5, 5.41) is 2.81. The smallest absolute Gasteiger partial charge is 0 e. The molecule has 0 aliphatic carbocycles. The fourth-order valence-corrected chi connectivity index (χ4v) is 1.70. The second-order valence-corrected chi connectivity index (χ2v) is 3.20. The van der Waals surface area contributed by atoms with Gasteiger partial charge in [0, 0.05) is 21.7 Å². The van der Waals surface area contributed by atoms with Gasteiger partial charge in [-0.2, -0.15) is 6.07 Å². The zero-order valence-electron chi connectivity index (χ0n) is 8.69. The molecule has 82 valence electrons. The molecule has 0 fully saturated rings. The molecule has 0 amide bonds. The van der Waals surface area contributed by atoms with E-state index in [9.17, 15) is 0 Å². The third-order valence-electron chi connectivity index (χ3n) is 2.29. The van der Waals surface area contributed by atoms with Gasteiger partial charge in [0.15, 0.2) is 0 Å². The third kappa shape index (κ3) is 3.47. The molecule has 0 aliphatic heterocycles. The van der Waals surface area contributed by atoms with Crippen LogP contribution in [0.1, 0.15) is 18.9 Å². The largest absolute Gasteiger partial charge is 0.269 e. The molecule has 0 aliphatic rings. The number of benzene rings is 1. The fraction of sp³-hybridized carbons (Fsp3) is 0.250. The van der Waals surface area contributed by atoms with Crippen molar-refractivity contribution >= 4 is 10.8 Å². The molecule has 0 nitrogen and oxygen atoms in total. The van der Waals surface area contributed by atoms with Crippen molar-refractivity contribution in [2.45, 2.75) is 19.8 Å². The first-order valence-electron chi connectivity index (χ1n) is 4.55. The standard InChI is InChI=1S/C12H13.2FH.Ti/c1-2-5-10-8-9-11-6-3-4-7-12(10)11;;;/h3-4,6-9H,2,5H2,1H3;2*1H;/q-1;;;. The van der Waals surface area contributed by atoms with Crippen LogP contribution in [0.4, 0.5) is 9.41 Å². The molecule has 0 heterocycles. The van der Waals surface area contributed by atoms with E-state index in [4.69, 9.17) is 0 Å². The van der Waals surface area contributed by atoms with E-state index >= 15 is 0 Å². The van der Waals surface area contributed by atoms with Gasteiger partial charge in [-0.15, -0.1) is 40.6 Å². The second kappa shape index (κ2) is 7.66. The maximum absolute atomic E-state index is 2.24. The van der Waals surface area contributed by atoms with Gasteiger partial charge in [-0.1, -0.05) is 25.8 Å². The van der Waals surface area contributed by atoms with Crippen LogP contribution in [-0.4, -0.2) is 0 Å². The van der Waals surface area contributed by atoms with Crippen molar-refractivity contribution in [3.63, 3.8) is 0 Å². The molecule has 0 N–H and O–H groups in total.